The molecule has 31 heavy (non-hydrogen) atoms. The zero-order valence-corrected chi connectivity index (χ0v) is 20.5. The van der Waals surface area contributed by atoms with Crippen LogP contribution >= 0.6 is 24.0 Å². The largest absolute Gasteiger partial charge is 0.494 e. The molecule has 3 aromatic rings. The zero-order valence-electron chi connectivity index (χ0n) is 18.1. The molecule has 8 nitrogen and oxygen atoms in total. The molecule has 2 aromatic carbocycles. The molecule has 1 aromatic heterocycles. The minimum atomic E-state index is -0.187. The predicted molar refractivity (Wildman–Crippen MR) is 132 cm³/mol. The minimum absolute atomic E-state index is 0. The third-order valence-corrected chi connectivity index (χ3v) is 4.50. The maximum atomic E-state index is 5.86. The number of ether oxygens (including phenoxy) is 2. The summed E-state index contributed by atoms with van der Waals surface area (Å²) in [4.78, 5) is 8.54. The molecule has 1 heterocycles. The molecular formula is C22H30IN5O3. The molecule has 0 aliphatic heterocycles. The second-order valence-corrected chi connectivity index (χ2v) is 6.71. The maximum Gasteiger partial charge on any atom is 0.246 e. The molecule has 0 radical (unpaired) electrons. The predicted octanol–water partition coefficient (Wildman–Crippen LogP) is 4.07. The summed E-state index contributed by atoms with van der Waals surface area (Å²) in [5.41, 5.74) is 0. The van der Waals surface area contributed by atoms with Gasteiger partial charge < -0.3 is 24.6 Å². The van der Waals surface area contributed by atoms with E-state index in [1.807, 2.05) is 32.0 Å². The molecule has 0 aliphatic carbocycles. The van der Waals surface area contributed by atoms with E-state index < -0.39 is 0 Å². The average Bonchev–Trinajstić information content (AvgIpc) is 3.25. The number of benzene rings is 2. The number of halogens is 1. The highest BCUT2D eigenvalue weighted by Gasteiger charge is 2.13. The molecule has 0 aliphatic rings. The van der Waals surface area contributed by atoms with Crippen molar-refractivity contribution >= 4 is 40.7 Å². The third kappa shape index (κ3) is 7.66. The molecule has 3 rings (SSSR count). The van der Waals surface area contributed by atoms with Crippen molar-refractivity contribution in [3.63, 3.8) is 0 Å². The van der Waals surface area contributed by atoms with Crippen molar-refractivity contribution in [3.8, 4) is 5.75 Å². The Hall–Kier alpha value is -2.40. The molecular weight excluding hydrogens is 509 g/mol. The van der Waals surface area contributed by atoms with Gasteiger partial charge in [-0.3, -0.25) is 4.99 Å². The summed E-state index contributed by atoms with van der Waals surface area (Å²) in [6.45, 7) is 6.16. The normalized spacial score (nSPS) is 12.3. The number of aromatic nitrogens is 2. The van der Waals surface area contributed by atoms with E-state index in [0.717, 1.165) is 18.7 Å². The van der Waals surface area contributed by atoms with E-state index in [1.165, 1.54) is 10.8 Å². The fourth-order valence-corrected chi connectivity index (χ4v) is 2.94. The van der Waals surface area contributed by atoms with Gasteiger partial charge in [0.15, 0.2) is 11.8 Å². The first-order valence-corrected chi connectivity index (χ1v) is 10.2. The summed E-state index contributed by atoms with van der Waals surface area (Å²) in [6.07, 6.45) is 0.650. The van der Waals surface area contributed by atoms with Gasteiger partial charge in [-0.1, -0.05) is 35.5 Å². The summed E-state index contributed by atoms with van der Waals surface area (Å²) < 4.78 is 16.6. The monoisotopic (exact) mass is 539 g/mol. The first-order valence-electron chi connectivity index (χ1n) is 10.2. The average molecular weight is 539 g/mol. The number of nitrogens with zero attached hydrogens (tertiary/aromatic N) is 3. The first kappa shape index (κ1) is 24.9. The van der Waals surface area contributed by atoms with Crippen LogP contribution in [0.4, 0.5) is 0 Å². The van der Waals surface area contributed by atoms with Gasteiger partial charge in [-0.15, -0.1) is 24.0 Å². The van der Waals surface area contributed by atoms with Gasteiger partial charge in [-0.25, -0.2) is 0 Å². The van der Waals surface area contributed by atoms with Crippen molar-refractivity contribution in [2.75, 3.05) is 26.8 Å². The Balaban J connectivity index is 0.00000341. The van der Waals surface area contributed by atoms with E-state index in [-0.39, 0.29) is 30.1 Å². The molecule has 1 atom stereocenters. The second-order valence-electron chi connectivity index (χ2n) is 6.71. The third-order valence-electron chi connectivity index (χ3n) is 4.50. The number of nitrogens with one attached hydrogen (secondary N) is 2. The molecule has 0 spiro atoms. The summed E-state index contributed by atoms with van der Waals surface area (Å²) >= 11 is 0. The van der Waals surface area contributed by atoms with Crippen molar-refractivity contribution in [2.45, 2.75) is 32.9 Å². The van der Waals surface area contributed by atoms with Crippen LogP contribution in [0.3, 0.4) is 0 Å². The molecule has 0 saturated heterocycles. The van der Waals surface area contributed by atoms with Gasteiger partial charge in [0.05, 0.1) is 13.2 Å². The lowest BCUT2D eigenvalue weighted by Crippen LogP contribution is -2.37. The van der Waals surface area contributed by atoms with E-state index in [0.29, 0.717) is 37.4 Å². The van der Waals surface area contributed by atoms with Gasteiger partial charge >= 0.3 is 0 Å². The summed E-state index contributed by atoms with van der Waals surface area (Å²) in [7, 11) is 1.72. The molecule has 1 unspecified atom stereocenters. The number of hydrogen-bond donors (Lipinski definition) is 2. The van der Waals surface area contributed by atoms with Gasteiger partial charge in [0.1, 0.15) is 11.9 Å². The lowest BCUT2D eigenvalue weighted by molar-refractivity contribution is 0.0683. The van der Waals surface area contributed by atoms with E-state index in [4.69, 9.17) is 14.0 Å². The van der Waals surface area contributed by atoms with Crippen molar-refractivity contribution < 1.29 is 14.0 Å². The number of guanidine groups is 1. The topological polar surface area (TPSA) is 93.8 Å². The Kier molecular flexibility index (Phi) is 10.5. The smallest absolute Gasteiger partial charge is 0.246 e. The van der Waals surface area contributed by atoms with E-state index in [9.17, 15) is 0 Å². The van der Waals surface area contributed by atoms with Crippen LogP contribution in [-0.4, -0.2) is 42.9 Å². The van der Waals surface area contributed by atoms with Crippen LogP contribution in [-0.2, 0) is 11.3 Å². The molecule has 0 saturated carbocycles. The molecule has 0 amide bonds. The van der Waals surface area contributed by atoms with Crippen molar-refractivity contribution in [3.05, 3.63) is 54.2 Å². The number of fused-ring (bicyclic) bond motifs is 1. The second kappa shape index (κ2) is 13.1. The Morgan fingerprint density at radius 2 is 1.97 bits per heavy atom. The highest BCUT2D eigenvalue weighted by atomic mass is 127. The van der Waals surface area contributed by atoms with Crippen LogP contribution in [0, 0.1) is 0 Å². The molecule has 2 N–H and O–H groups in total. The van der Waals surface area contributed by atoms with Crippen LogP contribution in [0.2, 0.25) is 0 Å². The molecule has 168 valence electrons. The Labute approximate surface area is 199 Å². The highest BCUT2D eigenvalue weighted by molar-refractivity contribution is 14.0. The van der Waals surface area contributed by atoms with Crippen molar-refractivity contribution in [1.29, 1.82) is 0 Å². The van der Waals surface area contributed by atoms with Crippen molar-refractivity contribution in [2.24, 2.45) is 4.99 Å². The van der Waals surface area contributed by atoms with Crippen LogP contribution in [0.15, 0.2) is 52.0 Å². The van der Waals surface area contributed by atoms with Gasteiger partial charge in [0, 0.05) is 20.2 Å². The Morgan fingerprint density at radius 1 is 1.16 bits per heavy atom. The first-order chi connectivity index (χ1) is 14.7. The van der Waals surface area contributed by atoms with E-state index in [1.54, 1.807) is 7.05 Å². The van der Waals surface area contributed by atoms with Gasteiger partial charge in [-0.05, 0) is 43.2 Å². The number of aliphatic imine (C=N–C) groups is 1. The van der Waals surface area contributed by atoms with Gasteiger partial charge in [0.25, 0.3) is 0 Å². The fraction of sp³-hybridized carbons (Fsp3) is 0.409. The summed E-state index contributed by atoms with van der Waals surface area (Å²) in [5.74, 6) is 2.57. The van der Waals surface area contributed by atoms with Crippen LogP contribution in [0.1, 0.15) is 38.1 Å². The summed E-state index contributed by atoms with van der Waals surface area (Å²) in [6, 6.07) is 14.4. The number of rotatable bonds is 10. The van der Waals surface area contributed by atoms with E-state index >= 15 is 0 Å². The van der Waals surface area contributed by atoms with E-state index in [2.05, 4.69) is 50.0 Å². The standard InChI is InChI=1S/C22H29N5O3.HI/c1-4-28-16(2)21-26-20(30-27-21)15-25-22(23-3)24-12-7-13-29-19-11-10-17-8-5-6-9-18(17)14-19;/h5-6,8-11,14,16H,4,7,12-13,15H2,1-3H3,(H2,23,24,25);1H. The number of hydrogen-bond acceptors (Lipinski definition) is 6. The molecule has 0 fully saturated rings. The van der Waals surface area contributed by atoms with Crippen molar-refractivity contribution in [1.82, 2.24) is 20.8 Å². The van der Waals surface area contributed by atoms with Crippen LogP contribution in [0.5, 0.6) is 5.75 Å². The van der Waals surface area contributed by atoms with Crippen LogP contribution < -0.4 is 15.4 Å². The van der Waals surface area contributed by atoms with Gasteiger partial charge in [0.2, 0.25) is 5.89 Å². The molecule has 9 heteroatoms. The lowest BCUT2D eigenvalue weighted by atomic mass is 10.1. The minimum Gasteiger partial charge on any atom is -0.494 e. The lowest BCUT2D eigenvalue weighted by Gasteiger charge is -2.11. The highest BCUT2D eigenvalue weighted by Crippen LogP contribution is 2.20. The quantitative estimate of drug-likeness (QED) is 0.174. The van der Waals surface area contributed by atoms with Gasteiger partial charge in [-0.2, -0.15) is 4.98 Å². The SMILES string of the molecule is CCOC(C)c1noc(CNC(=NC)NCCCOc2ccc3ccccc3c2)n1.I. The summed E-state index contributed by atoms with van der Waals surface area (Å²) in [5, 5.41) is 12.7. The van der Waals surface area contributed by atoms with Crippen LogP contribution in [0.25, 0.3) is 10.8 Å². The Morgan fingerprint density at radius 3 is 2.74 bits per heavy atom. The Bertz CT molecular complexity index is 963. The zero-order chi connectivity index (χ0) is 21.2. The maximum absolute atomic E-state index is 5.86. The molecule has 0 bridgehead atoms. The fourth-order valence-electron chi connectivity index (χ4n) is 2.94.